The van der Waals surface area contributed by atoms with Crippen LogP contribution in [0.1, 0.15) is 30.1 Å². The highest BCUT2D eigenvalue weighted by molar-refractivity contribution is 6.30. The van der Waals surface area contributed by atoms with Crippen LogP contribution in [0.3, 0.4) is 0 Å². The van der Waals surface area contributed by atoms with Crippen LogP contribution in [0.15, 0.2) is 24.3 Å². The predicted octanol–water partition coefficient (Wildman–Crippen LogP) is 2.76. The van der Waals surface area contributed by atoms with Gasteiger partial charge in [-0.25, -0.2) is 0 Å². The maximum absolute atomic E-state index is 11.7. The van der Waals surface area contributed by atoms with Gasteiger partial charge in [0, 0.05) is 10.6 Å². The van der Waals surface area contributed by atoms with Gasteiger partial charge in [0.25, 0.3) is 5.91 Å². The molecule has 1 aromatic rings. The number of halogens is 1. The molecule has 1 rings (SSSR count). The first-order valence-electron chi connectivity index (χ1n) is 5.13. The third-order valence-corrected chi connectivity index (χ3v) is 2.40. The fourth-order valence-electron chi connectivity index (χ4n) is 1.30. The van der Waals surface area contributed by atoms with Crippen molar-refractivity contribution in [2.24, 2.45) is 0 Å². The fourth-order valence-corrected chi connectivity index (χ4v) is 1.43. The Hall–Kier alpha value is -1.53. The summed E-state index contributed by atoms with van der Waals surface area (Å²) >= 11 is 5.72. The van der Waals surface area contributed by atoms with Crippen molar-refractivity contribution in [3.63, 3.8) is 0 Å². The molecule has 4 heteroatoms. The van der Waals surface area contributed by atoms with Crippen LogP contribution in [0.2, 0.25) is 5.02 Å². The zero-order valence-electron chi connectivity index (χ0n) is 9.03. The Labute approximate surface area is 100 Å². The van der Waals surface area contributed by atoms with Crippen LogP contribution in [0.5, 0.6) is 0 Å². The van der Waals surface area contributed by atoms with Gasteiger partial charge in [-0.2, -0.15) is 5.26 Å². The Morgan fingerprint density at radius 1 is 1.50 bits per heavy atom. The van der Waals surface area contributed by atoms with Gasteiger partial charge in [0.1, 0.15) is 6.04 Å². The van der Waals surface area contributed by atoms with Gasteiger partial charge in [-0.15, -0.1) is 0 Å². The van der Waals surface area contributed by atoms with Gasteiger partial charge in [-0.3, -0.25) is 4.79 Å². The lowest BCUT2D eigenvalue weighted by Gasteiger charge is -2.10. The van der Waals surface area contributed by atoms with Crippen LogP contribution in [0, 0.1) is 11.3 Å². The molecule has 0 aliphatic heterocycles. The monoisotopic (exact) mass is 236 g/mol. The van der Waals surface area contributed by atoms with E-state index in [2.05, 4.69) is 11.4 Å². The number of amides is 1. The number of nitrogens with one attached hydrogen (secondary N) is 1. The summed E-state index contributed by atoms with van der Waals surface area (Å²) in [5.74, 6) is -0.239. The summed E-state index contributed by atoms with van der Waals surface area (Å²) in [6.45, 7) is 1.97. The van der Waals surface area contributed by atoms with Crippen molar-refractivity contribution in [3.8, 4) is 6.07 Å². The number of nitriles is 1. The molecule has 0 bridgehead atoms. The summed E-state index contributed by atoms with van der Waals surface area (Å²) in [6, 6.07) is 8.21. The summed E-state index contributed by atoms with van der Waals surface area (Å²) in [6.07, 6.45) is 1.52. The Bertz CT molecular complexity index is 394. The van der Waals surface area contributed by atoms with E-state index in [1.54, 1.807) is 24.3 Å². The topological polar surface area (TPSA) is 52.9 Å². The van der Waals surface area contributed by atoms with Crippen molar-refractivity contribution in [1.29, 1.82) is 5.26 Å². The van der Waals surface area contributed by atoms with Crippen LogP contribution < -0.4 is 5.32 Å². The highest BCUT2D eigenvalue weighted by Gasteiger charge is 2.11. The van der Waals surface area contributed by atoms with E-state index >= 15 is 0 Å². The third-order valence-electron chi connectivity index (χ3n) is 2.14. The number of nitrogens with zero attached hydrogens (tertiary/aromatic N) is 1. The molecule has 1 amide bonds. The molecular weight excluding hydrogens is 224 g/mol. The van der Waals surface area contributed by atoms with Crippen molar-refractivity contribution in [3.05, 3.63) is 34.9 Å². The van der Waals surface area contributed by atoms with E-state index in [9.17, 15) is 4.79 Å². The summed E-state index contributed by atoms with van der Waals surface area (Å²) in [4.78, 5) is 11.7. The van der Waals surface area contributed by atoms with Gasteiger partial charge < -0.3 is 5.32 Å². The van der Waals surface area contributed by atoms with Gasteiger partial charge in [0.15, 0.2) is 0 Å². The Balaban J connectivity index is 2.65. The minimum atomic E-state index is -0.423. The highest BCUT2D eigenvalue weighted by atomic mass is 35.5. The van der Waals surface area contributed by atoms with E-state index in [0.29, 0.717) is 17.0 Å². The number of carbonyl (C=O) groups is 1. The molecule has 0 saturated heterocycles. The van der Waals surface area contributed by atoms with Crippen molar-refractivity contribution in [2.45, 2.75) is 25.8 Å². The Morgan fingerprint density at radius 3 is 2.62 bits per heavy atom. The average molecular weight is 237 g/mol. The molecule has 0 aliphatic rings. The van der Waals surface area contributed by atoms with Crippen LogP contribution >= 0.6 is 11.6 Å². The van der Waals surface area contributed by atoms with E-state index in [1.807, 2.05) is 6.92 Å². The van der Waals surface area contributed by atoms with Crippen molar-refractivity contribution in [2.75, 3.05) is 0 Å². The van der Waals surface area contributed by atoms with Gasteiger partial charge in [-0.05, 0) is 30.7 Å². The molecule has 0 spiro atoms. The number of hydrogen-bond donors (Lipinski definition) is 1. The third kappa shape index (κ3) is 3.56. The van der Waals surface area contributed by atoms with Gasteiger partial charge in [0.2, 0.25) is 0 Å². The lowest BCUT2D eigenvalue weighted by atomic mass is 10.1. The molecule has 1 N–H and O–H groups in total. The fraction of sp³-hybridized carbons (Fsp3) is 0.333. The molecule has 1 unspecified atom stereocenters. The van der Waals surface area contributed by atoms with Crippen molar-refractivity contribution >= 4 is 17.5 Å². The molecule has 0 radical (unpaired) electrons. The molecule has 16 heavy (non-hydrogen) atoms. The molecule has 84 valence electrons. The first kappa shape index (κ1) is 12.5. The highest BCUT2D eigenvalue weighted by Crippen LogP contribution is 2.09. The van der Waals surface area contributed by atoms with Gasteiger partial charge in [-0.1, -0.05) is 24.9 Å². The minimum absolute atomic E-state index is 0.239. The largest absolute Gasteiger partial charge is 0.336 e. The van der Waals surface area contributed by atoms with E-state index < -0.39 is 6.04 Å². The zero-order chi connectivity index (χ0) is 12.0. The van der Waals surface area contributed by atoms with E-state index in [4.69, 9.17) is 16.9 Å². The minimum Gasteiger partial charge on any atom is -0.336 e. The molecule has 0 fully saturated rings. The van der Waals surface area contributed by atoms with Crippen LogP contribution in [0.25, 0.3) is 0 Å². The van der Waals surface area contributed by atoms with Gasteiger partial charge >= 0.3 is 0 Å². The summed E-state index contributed by atoms with van der Waals surface area (Å²) < 4.78 is 0. The van der Waals surface area contributed by atoms with Crippen LogP contribution in [-0.4, -0.2) is 11.9 Å². The predicted molar refractivity (Wildman–Crippen MR) is 63.2 cm³/mol. The SMILES string of the molecule is CCCC(C#N)NC(=O)c1ccc(Cl)cc1. The maximum Gasteiger partial charge on any atom is 0.252 e. The molecular formula is C12H13ClN2O. The number of rotatable bonds is 4. The second-order valence-electron chi connectivity index (χ2n) is 3.45. The second kappa shape index (κ2) is 6.14. The van der Waals surface area contributed by atoms with Crippen LogP contribution in [0.4, 0.5) is 0 Å². The maximum atomic E-state index is 11.7. The van der Waals surface area contributed by atoms with Gasteiger partial charge in [0.05, 0.1) is 6.07 Å². The lowest BCUT2D eigenvalue weighted by Crippen LogP contribution is -2.33. The quantitative estimate of drug-likeness (QED) is 0.874. The normalized spacial score (nSPS) is 11.6. The summed E-state index contributed by atoms with van der Waals surface area (Å²) in [5, 5.41) is 12.1. The number of hydrogen-bond acceptors (Lipinski definition) is 2. The smallest absolute Gasteiger partial charge is 0.252 e. The average Bonchev–Trinajstić information content (AvgIpc) is 2.29. The molecule has 0 aliphatic carbocycles. The van der Waals surface area contributed by atoms with Crippen molar-refractivity contribution in [1.82, 2.24) is 5.32 Å². The van der Waals surface area contributed by atoms with E-state index in [-0.39, 0.29) is 5.91 Å². The number of benzene rings is 1. The first-order chi connectivity index (χ1) is 7.67. The molecule has 0 saturated carbocycles. The molecule has 1 aromatic carbocycles. The lowest BCUT2D eigenvalue weighted by molar-refractivity contribution is 0.0944. The Kier molecular flexibility index (Phi) is 4.81. The van der Waals surface area contributed by atoms with E-state index in [0.717, 1.165) is 6.42 Å². The first-order valence-corrected chi connectivity index (χ1v) is 5.51. The molecule has 3 nitrogen and oxygen atoms in total. The molecule has 0 heterocycles. The summed E-state index contributed by atoms with van der Waals surface area (Å²) in [5.41, 5.74) is 0.515. The summed E-state index contributed by atoms with van der Waals surface area (Å²) in [7, 11) is 0. The van der Waals surface area contributed by atoms with Crippen LogP contribution in [-0.2, 0) is 0 Å². The van der Waals surface area contributed by atoms with Crippen molar-refractivity contribution < 1.29 is 4.79 Å². The zero-order valence-corrected chi connectivity index (χ0v) is 9.79. The second-order valence-corrected chi connectivity index (χ2v) is 3.89. The molecule has 1 atom stereocenters. The Morgan fingerprint density at radius 2 is 2.12 bits per heavy atom. The standard InChI is InChI=1S/C12H13ClN2O/c1-2-3-11(8-14)15-12(16)9-4-6-10(13)7-5-9/h4-7,11H,2-3H2,1H3,(H,15,16). The van der Waals surface area contributed by atoms with E-state index in [1.165, 1.54) is 0 Å². The molecule has 0 aromatic heterocycles. The number of carbonyl (C=O) groups excluding carboxylic acids is 1.